The van der Waals surface area contributed by atoms with Crippen LogP contribution in [-0.4, -0.2) is 0 Å². The molecule has 0 atom stereocenters. The van der Waals surface area contributed by atoms with E-state index in [1.165, 1.54) is 75.3 Å². The quantitative estimate of drug-likeness (QED) is 0.173. The SMILES string of the molecule is CCCCCc1cc(N(c2ccc(C)cc2)c2ccc(C=Cc3ccc(C)cc3C)cc2)ccc1C. The minimum atomic E-state index is 1.14. The van der Waals surface area contributed by atoms with E-state index in [-0.39, 0.29) is 0 Å². The van der Waals surface area contributed by atoms with Gasteiger partial charge in [-0.1, -0.05) is 91.6 Å². The van der Waals surface area contributed by atoms with E-state index in [1.54, 1.807) is 0 Å². The highest BCUT2D eigenvalue weighted by Crippen LogP contribution is 2.36. The number of aryl methyl sites for hydroxylation is 5. The van der Waals surface area contributed by atoms with E-state index in [2.05, 4.69) is 137 Å². The molecule has 36 heavy (non-hydrogen) atoms. The van der Waals surface area contributed by atoms with Crippen molar-refractivity contribution < 1.29 is 0 Å². The van der Waals surface area contributed by atoms with E-state index >= 15 is 0 Å². The van der Waals surface area contributed by atoms with Crippen LogP contribution in [-0.2, 0) is 6.42 Å². The summed E-state index contributed by atoms with van der Waals surface area (Å²) in [6.07, 6.45) is 9.32. The molecule has 4 aromatic carbocycles. The van der Waals surface area contributed by atoms with Gasteiger partial charge in [0.1, 0.15) is 0 Å². The summed E-state index contributed by atoms with van der Waals surface area (Å²) < 4.78 is 0. The fourth-order valence-corrected chi connectivity index (χ4v) is 4.71. The van der Waals surface area contributed by atoms with Crippen molar-refractivity contribution in [2.45, 2.75) is 60.3 Å². The van der Waals surface area contributed by atoms with Crippen molar-refractivity contribution in [1.29, 1.82) is 0 Å². The minimum absolute atomic E-state index is 1.14. The molecule has 0 bridgehead atoms. The summed E-state index contributed by atoms with van der Waals surface area (Å²) in [5.74, 6) is 0. The van der Waals surface area contributed by atoms with Gasteiger partial charge in [-0.2, -0.15) is 0 Å². The Labute approximate surface area is 218 Å². The monoisotopic (exact) mass is 473 g/mol. The summed E-state index contributed by atoms with van der Waals surface area (Å²) in [7, 11) is 0. The number of rotatable bonds is 9. The zero-order valence-electron chi connectivity index (χ0n) is 22.5. The highest BCUT2D eigenvalue weighted by atomic mass is 15.1. The van der Waals surface area contributed by atoms with Crippen LogP contribution < -0.4 is 4.90 Å². The highest BCUT2D eigenvalue weighted by Gasteiger charge is 2.14. The molecule has 1 nitrogen and oxygen atoms in total. The van der Waals surface area contributed by atoms with E-state index in [0.717, 1.165) is 6.42 Å². The number of hydrogen-bond acceptors (Lipinski definition) is 1. The highest BCUT2D eigenvalue weighted by molar-refractivity contribution is 5.79. The van der Waals surface area contributed by atoms with Gasteiger partial charge in [-0.15, -0.1) is 0 Å². The summed E-state index contributed by atoms with van der Waals surface area (Å²) in [5, 5.41) is 0. The van der Waals surface area contributed by atoms with Gasteiger partial charge in [0.15, 0.2) is 0 Å². The van der Waals surface area contributed by atoms with Gasteiger partial charge in [0.2, 0.25) is 0 Å². The number of nitrogens with zero attached hydrogens (tertiary/aromatic N) is 1. The van der Waals surface area contributed by atoms with E-state index in [1.807, 2.05) is 0 Å². The fourth-order valence-electron chi connectivity index (χ4n) is 4.71. The first kappa shape index (κ1) is 25.5. The summed E-state index contributed by atoms with van der Waals surface area (Å²) in [4.78, 5) is 2.37. The van der Waals surface area contributed by atoms with E-state index in [0.29, 0.717) is 0 Å². The number of hydrogen-bond donors (Lipinski definition) is 0. The van der Waals surface area contributed by atoms with Gasteiger partial charge in [-0.3, -0.25) is 0 Å². The first-order valence-electron chi connectivity index (χ1n) is 13.3. The topological polar surface area (TPSA) is 3.24 Å². The van der Waals surface area contributed by atoms with Crippen LogP contribution in [0.25, 0.3) is 12.2 Å². The molecule has 0 N–H and O–H groups in total. The van der Waals surface area contributed by atoms with Gasteiger partial charge in [0, 0.05) is 17.1 Å². The molecule has 0 fully saturated rings. The van der Waals surface area contributed by atoms with E-state index in [4.69, 9.17) is 0 Å². The lowest BCUT2D eigenvalue weighted by molar-refractivity contribution is 0.715. The maximum Gasteiger partial charge on any atom is 0.0464 e. The number of unbranched alkanes of at least 4 members (excludes halogenated alkanes) is 2. The van der Waals surface area contributed by atoms with Crippen molar-refractivity contribution in [2.24, 2.45) is 0 Å². The van der Waals surface area contributed by atoms with Crippen LogP contribution in [0.15, 0.2) is 84.9 Å². The molecular weight excluding hydrogens is 434 g/mol. The second kappa shape index (κ2) is 11.9. The molecule has 0 aliphatic heterocycles. The standard InChI is InChI=1S/C35H39N/c1-6-7-8-9-32-25-35(21-13-28(32)4)36(33-19-11-26(2)12-20-33)34-22-15-30(16-23-34)14-18-31-17-10-27(3)24-29(31)5/h10-25H,6-9H2,1-5H3. The lowest BCUT2D eigenvalue weighted by Gasteiger charge is -2.26. The van der Waals surface area contributed by atoms with Crippen LogP contribution in [0.5, 0.6) is 0 Å². The van der Waals surface area contributed by atoms with Crippen molar-refractivity contribution in [3.8, 4) is 0 Å². The maximum atomic E-state index is 2.39. The molecule has 184 valence electrons. The molecule has 0 spiro atoms. The van der Waals surface area contributed by atoms with Gasteiger partial charge >= 0.3 is 0 Å². The summed E-state index contributed by atoms with van der Waals surface area (Å²) >= 11 is 0. The van der Waals surface area contributed by atoms with Gasteiger partial charge < -0.3 is 4.90 Å². The van der Waals surface area contributed by atoms with Crippen LogP contribution in [0.2, 0.25) is 0 Å². The Kier molecular flexibility index (Phi) is 8.44. The van der Waals surface area contributed by atoms with Crippen LogP contribution in [0.3, 0.4) is 0 Å². The Morgan fingerprint density at radius 3 is 1.89 bits per heavy atom. The van der Waals surface area contributed by atoms with E-state index < -0.39 is 0 Å². The normalized spacial score (nSPS) is 11.2. The average Bonchev–Trinajstić information content (AvgIpc) is 2.87. The molecule has 1 heteroatoms. The molecule has 0 saturated carbocycles. The maximum absolute atomic E-state index is 2.39. The number of anilines is 3. The Hall–Kier alpha value is -3.58. The van der Waals surface area contributed by atoms with Gasteiger partial charge in [-0.25, -0.2) is 0 Å². The van der Waals surface area contributed by atoms with Crippen LogP contribution in [0, 0.1) is 27.7 Å². The van der Waals surface area contributed by atoms with Crippen molar-refractivity contribution in [3.05, 3.63) is 124 Å². The molecule has 0 aromatic heterocycles. The van der Waals surface area contributed by atoms with Crippen molar-refractivity contribution >= 4 is 29.2 Å². The molecule has 0 aliphatic rings. The second-order valence-corrected chi connectivity index (χ2v) is 10.0. The summed E-state index contributed by atoms with van der Waals surface area (Å²) in [6, 6.07) is 31.3. The van der Waals surface area contributed by atoms with Crippen LogP contribution >= 0.6 is 0 Å². The third kappa shape index (κ3) is 6.34. The zero-order chi connectivity index (χ0) is 25.5. The molecule has 0 amide bonds. The fraction of sp³-hybridized carbons (Fsp3) is 0.257. The van der Waals surface area contributed by atoms with Crippen LogP contribution in [0.1, 0.15) is 65.1 Å². The molecule has 4 rings (SSSR count). The summed E-state index contributed by atoms with van der Waals surface area (Å²) in [5.41, 5.74) is 12.7. The molecule has 4 aromatic rings. The van der Waals surface area contributed by atoms with E-state index in [9.17, 15) is 0 Å². The Balaban J connectivity index is 1.66. The Morgan fingerprint density at radius 2 is 1.22 bits per heavy atom. The smallest absolute Gasteiger partial charge is 0.0464 e. The molecule has 0 aliphatic carbocycles. The van der Waals surface area contributed by atoms with Gasteiger partial charge in [0.25, 0.3) is 0 Å². The third-order valence-electron chi connectivity index (χ3n) is 6.96. The van der Waals surface area contributed by atoms with Crippen LogP contribution in [0.4, 0.5) is 17.1 Å². The average molecular weight is 474 g/mol. The Morgan fingerprint density at radius 1 is 0.583 bits per heavy atom. The predicted molar refractivity (Wildman–Crippen MR) is 159 cm³/mol. The predicted octanol–water partition coefficient (Wildman–Crippen LogP) is 10.3. The largest absolute Gasteiger partial charge is 0.310 e. The number of benzene rings is 4. The summed E-state index contributed by atoms with van der Waals surface area (Å²) in [6.45, 7) is 11.0. The lowest BCUT2D eigenvalue weighted by Crippen LogP contribution is -2.10. The first-order valence-corrected chi connectivity index (χ1v) is 13.3. The molecule has 0 unspecified atom stereocenters. The van der Waals surface area contributed by atoms with Gasteiger partial charge in [-0.05, 0) is 105 Å². The zero-order valence-corrected chi connectivity index (χ0v) is 22.5. The third-order valence-corrected chi connectivity index (χ3v) is 6.96. The van der Waals surface area contributed by atoms with Crippen molar-refractivity contribution in [1.82, 2.24) is 0 Å². The first-order chi connectivity index (χ1) is 17.4. The Bertz CT molecular complexity index is 1310. The molecule has 0 saturated heterocycles. The van der Waals surface area contributed by atoms with Crippen molar-refractivity contribution in [2.75, 3.05) is 4.90 Å². The molecule has 0 radical (unpaired) electrons. The molecular formula is C35H39N. The minimum Gasteiger partial charge on any atom is -0.310 e. The van der Waals surface area contributed by atoms with Crippen molar-refractivity contribution in [3.63, 3.8) is 0 Å². The second-order valence-electron chi connectivity index (χ2n) is 10.0. The van der Waals surface area contributed by atoms with Gasteiger partial charge in [0.05, 0.1) is 0 Å². The lowest BCUT2D eigenvalue weighted by atomic mass is 10.0. The molecule has 0 heterocycles.